The van der Waals surface area contributed by atoms with Crippen LogP contribution >= 0.6 is 0 Å². The molecule has 0 aromatic carbocycles. The summed E-state index contributed by atoms with van der Waals surface area (Å²) in [6.45, 7) is 21.7. The van der Waals surface area contributed by atoms with Gasteiger partial charge in [-0.3, -0.25) is 19.8 Å². The molecule has 1 heterocycles. The summed E-state index contributed by atoms with van der Waals surface area (Å²) in [5, 5.41) is 5.75. The van der Waals surface area contributed by atoms with Gasteiger partial charge in [0.15, 0.2) is 5.82 Å². The molecule has 0 aliphatic carbocycles. The summed E-state index contributed by atoms with van der Waals surface area (Å²) in [5.74, 6) is 0.452. The fraction of sp³-hybridized carbons (Fsp3) is 0.731. The van der Waals surface area contributed by atoms with Crippen LogP contribution in [0.5, 0.6) is 0 Å². The van der Waals surface area contributed by atoms with E-state index in [0.29, 0.717) is 25.6 Å². The second-order valence-corrected chi connectivity index (χ2v) is 17.0. The van der Waals surface area contributed by atoms with Crippen molar-refractivity contribution in [2.45, 2.75) is 91.2 Å². The lowest BCUT2D eigenvalue weighted by atomic mass is 10.0. The first kappa shape index (κ1) is 32.7. The van der Waals surface area contributed by atoms with Crippen LogP contribution in [0, 0.1) is 0 Å². The quantitative estimate of drug-likeness (QED) is 0.119. The van der Waals surface area contributed by atoms with Gasteiger partial charge in [-0.15, -0.1) is 0 Å². The molecule has 1 fully saturated rings. The van der Waals surface area contributed by atoms with Crippen LogP contribution in [0.3, 0.4) is 0 Å². The molecule has 11 heteroatoms. The summed E-state index contributed by atoms with van der Waals surface area (Å²) >= 11 is 0. The second kappa shape index (κ2) is 14.5. The SMILES string of the molecule is C=CN(C1CCN(C(=O)OC(C)(C)C)C(=O)C1)N(C)/C(C)=C(\N=C/CC)N(COCC[Si](C)(C)C)NC. The first-order valence-corrected chi connectivity index (χ1v) is 16.8. The molecule has 0 aromatic heterocycles. The molecule has 1 aliphatic rings. The van der Waals surface area contributed by atoms with E-state index in [0.717, 1.165) is 18.2 Å². The predicted molar refractivity (Wildman–Crippen MR) is 152 cm³/mol. The van der Waals surface area contributed by atoms with Crippen LogP contribution in [0.1, 0.15) is 53.9 Å². The van der Waals surface area contributed by atoms with E-state index < -0.39 is 19.8 Å². The van der Waals surface area contributed by atoms with Gasteiger partial charge in [0.1, 0.15) is 12.3 Å². The number of likely N-dealkylation sites (tertiary alicyclic amines) is 1. The Bertz CT molecular complexity index is 834. The van der Waals surface area contributed by atoms with Crippen molar-refractivity contribution in [1.82, 2.24) is 25.4 Å². The minimum Gasteiger partial charge on any atom is -0.443 e. The molecule has 1 saturated heterocycles. The highest BCUT2D eigenvalue weighted by Crippen LogP contribution is 2.24. The number of rotatable bonds is 13. The van der Waals surface area contributed by atoms with E-state index in [1.54, 1.807) is 27.0 Å². The number of carbonyl (C=O) groups excluding carboxylic acids is 2. The summed E-state index contributed by atoms with van der Waals surface area (Å²) in [6, 6.07) is 0.928. The van der Waals surface area contributed by atoms with Crippen LogP contribution in [0.2, 0.25) is 25.7 Å². The molecule has 0 radical (unpaired) electrons. The van der Waals surface area contributed by atoms with Crippen LogP contribution in [-0.4, -0.2) is 91.8 Å². The Morgan fingerprint density at radius 1 is 1.32 bits per heavy atom. The highest BCUT2D eigenvalue weighted by molar-refractivity contribution is 6.76. The molecule has 0 spiro atoms. The van der Waals surface area contributed by atoms with Crippen molar-refractivity contribution < 1.29 is 19.1 Å². The number of allylic oxidation sites excluding steroid dienone is 1. The van der Waals surface area contributed by atoms with Gasteiger partial charge >= 0.3 is 6.09 Å². The minimum absolute atomic E-state index is 0.156. The maximum atomic E-state index is 12.9. The van der Waals surface area contributed by atoms with Gasteiger partial charge < -0.3 is 9.47 Å². The fourth-order valence-electron chi connectivity index (χ4n) is 3.69. The zero-order chi connectivity index (χ0) is 28.4. The predicted octanol–water partition coefficient (Wildman–Crippen LogP) is 4.62. The second-order valence-electron chi connectivity index (χ2n) is 11.4. The molecule has 0 saturated carbocycles. The maximum absolute atomic E-state index is 12.9. The van der Waals surface area contributed by atoms with Gasteiger partial charge in [-0.05, 0) is 46.6 Å². The number of ether oxygens (including phenoxy) is 2. The van der Waals surface area contributed by atoms with Crippen LogP contribution in [0.15, 0.2) is 29.3 Å². The van der Waals surface area contributed by atoms with Crippen LogP contribution in [0.25, 0.3) is 0 Å². The van der Waals surface area contributed by atoms with Crippen LogP contribution < -0.4 is 5.43 Å². The van der Waals surface area contributed by atoms with Crippen molar-refractivity contribution in [3.05, 3.63) is 24.3 Å². The topological polar surface area (TPSA) is 90.0 Å². The number of hydrazine groups is 2. The summed E-state index contributed by atoms with van der Waals surface area (Å²) in [4.78, 5) is 31.2. The maximum Gasteiger partial charge on any atom is 0.417 e. The molecule has 1 rings (SSSR count). The number of carbonyl (C=O) groups is 2. The van der Waals surface area contributed by atoms with E-state index in [1.807, 2.05) is 49.2 Å². The minimum atomic E-state index is -1.19. The fourth-order valence-corrected chi connectivity index (χ4v) is 4.45. The third kappa shape index (κ3) is 10.9. The zero-order valence-corrected chi connectivity index (χ0v) is 25.8. The first-order valence-electron chi connectivity index (χ1n) is 13.1. The van der Waals surface area contributed by atoms with Gasteiger partial charge in [-0.2, -0.15) is 0 Å². The number of nitrogens with one attached hydrogen (secondary N) is 1. The summed E-state index contributed by atoms with van der Waals surface area (Å²) in [6.07, 6.45) is 4.53. The molecular weight excluding hydrogens is 488 g/mol. The van der Waals surface area contributed by atoms with Crippen LogP contribution in [0.4, 0.5) is 4.79 Å². The molecule has 2 amide bonds. The molecule has 1 aliphatic heterocycles. The lowest BCUT2D eigenvalue weighted by Crippen LogP contribution is -2.53. The number of aliphatic imine (C=N–C) groups is 1. The molecule has 1 atom stereocenters. The number of hydrogen-bond donors (Lipinski definition) is 1. The largest absolute Gasteiger partial charge is 0.443 e. The highest BCUT2D eigenvalue weighted by atomic mass is 28.3. The van der Waals surface area contributed by atoms with Crippen molar-refractivity contribution in [2.75, 3.05) is 34.0 Å². The van der Waals surface area contributed by atoms with E-state index in [1.165, 1.54) is 4.90 Å². The van der Waals surface area contributed by atoms with Crippen molar-refractivity contribution in [2.24, 2.45) is 4.99 Å². The lowest BCUT2D eigenvalue weighted by Gasteiger charge is -2.43. The number of nitrogens with zero attached hydrogens (tertiary/aromatic N) is 5. The van der Waals surface area contributed by atoms with Crippen molar-refractivity contribution in [3.8, 4) is 0 Å². The third-order valence-corrected chi connectivity index (χ3v) is 7.57. The smallest absolute Gasteiger partial charge is 0.417 e. The lowest BCUT2D eigenvalue weighted by molar-refractivity contribution is -0.136. The highest BCUT2D eigenvalue weighted by Gasteiger charge is 2.36. The third-order valence-electron chi connectivity index (χ3n) is 5.87. The van der Waals surface area contributed by atoms with Crippen molar-refractivity contribution in [1.29, 1.82) is 0 Å². The number of amides is 2. The van der Waals surface area contributed by atoms with Gasteiger partial charge in [-0.1, -0.05) is 33.1 Å². The number of hydrogen-bond acceptors (Lipinski definition) is 9. The Balaban J connectivity index is 3.06. The van der Waals surface area contributed by atoms with E-state index in [4.69, 9.17) is 14.5 Å². The Labute approximate surface area is 225 Å². The average Bonchev–Trinajstić information content (AvgIpc) is 2.78. The monoisotopic (exact) mass is 538 g/mol. The molecule has 0 bridgehead atoms. The summed E-state index contributed by atoms with van der Waals surface area (Å²) < 4.78 is 11.4. The Morgan fingerprint density at radius 3 is 2.46 bits per heavy atom. The van der Waals surface area contributed by atoms with E-state index in [2.05, 4.69) is 31.6 Å². The van der Waals surface area contributed by atoms with Gasteiger partial charge in [0.2, 0.25) is 5.91 Å². The first-order chi connectivity index (χ1) is 17.1. The van der Waals surface area contributed by atoms with Gasteiger partial charge in [0, 0.05) is 54.2 Å². The Kier molecular flexibility index (Phi) is 12.8. The van der Waals surface area contributed by atoms with Crippen molar-refractivity contribution >= 4 is 26.3 Å². The van der Waals surface area contributed by atoms with Gasteiger partial charge in [-0.25, -0.2) is 20.1 Å². The Hall–Kier alpha value is -2.37. The average molecular weight is 539 g/mol. The zero-order valence-electron chi connectivity index (χ0n) is 24.8. The molecule has 10 nitrogen and oxygen atoms in total. The standard InChI is InChI=1S/C26H50N6O4Si/c1-12-15-28-24(31(27-7)20-35-17-18-37(9,10)11)21(3)29(8)32(13-2)22-14-16-30(23(33)19-22)25(34)36-26(4,5)6/h13,15,22,27H,2,12,14,16-20H2,1,3-11H3/b24-21+,28-15-. The normalized spacial score (nSPS) is 17.5. The Morgan fingerprint density at radius 2 is 1.97 bits per heavy atom. The molecule has 0 aromatic rings. The van der Waals surface area contributed by atoms with E-state index >= 15 is 0 Å². The molecule has 37 heavy (non-hydrogen) atoms. The molecular formula is C26H50N6O4Si. The molecule has 1 N–H and O–H groups in total. The summed E-state index contributed by atoms with van der Waals surface area (Å²) in [7, 11) is 2.57. The van der Waals surface area contributed by atoms with E-state index in [9.17, 15) is 9.59 Å². The number of piperidine rings is 1. The molecule has 212 valence electrons. The van der Waals surface area contributed by atoms with Crippen molar-refractivity contribution in [3.63, 3.8) is 0 Å². The van der Waals surface area contributed by atoms with Gasteiger partial charge in [0.05, 0.1) is 11.7 Å². The van der Waals surface area contributed by atoms with Gasteiger partial charge in [0.25, 0.3) is 0 Å². The van der Waals surface area contributed by atoms with E-state index in [-0.39, 0.29) is 24.9 Å². The summed E-state index contributed by atoms with van der Waals surface area (Å²) in [5.41, 5.74) is 3.39. The van der Waals surface area contributed by atoms with Crippen LogP contribution in [-0.2, 0) is 14.3 Å². The number of imide groups is 1. The molecule has 1 unspecified atom stereocenters.